The number of ether oxygens (including phenoxy) is 2. The summed E-state index contributed by atoms with van der Waals surface area (Å²) < 4.78 is 17.5. The second-order valence-electron chi connectivity index (χ2n) is 6.86. The van der Waals surface area contributed by atoms with E-state index >= 15 is 0 Å². The predicted molar refractivity (Wildman–Crippen MR) is 89.3 cm³/mol. The first kappa shape index (κ1) is 15.2. The molecule has 23 heavy (non-hydrogen) atoms. The molecule has 0 radical (unpaired) electrons. The van der Waals surface area contributed by atoms with Crippen molar-refractivity contribution in [2.45, 2.75) is 44.1 Å². The van der Waals surface area contributed by atoms with Gasteiger partial charge in [-0.15, -0.1) is 0 Å². The summed E-state index contributed by atoms with van der Waals surface area (Å²) in [5.74, 6) is 1.57. The number of benzene rings is 1. The summed E-state index contributed by atoms with van der Waals surface area (Å²) in [7, 11) is 3.66. The van der Waals surface area contributed by atoms with Crippen LogP contribution in [0.3, 0.4) is 0 Å². The van der Waals surface area contributed by atoms with E-state index in [1.807, 2.05) is 26.4 Å². The van der Waals surface area contributed by atoms with Crippen LogP contribution >= 0.6 is 0 Å². The fourth-order valence-electron chi connectivity index (χ4n) is 4.44. The lowest BCUT2D eigenvalue weighted by molar-refractivity contribution is -0.117. The number of furan rings is 1. The second-order valence-corrected chi connectivity index (χ2v) is 6.86. The van der Waals surface area contributed by atoms with Crippen molar-refractivity contribution >= 4 is 11.0 Å². The third-order valence-electron chi connectivity index (χ3n) is 5.66. The number of likely N-dealkylation sites (tertiary alicyclic amines) is 1. The molecule has 0 unspecified atom stereocenters. The minimum absolute atomic E-state index is 0.251. The van der Waals surface area contributed by atoms with Crippen LogP contribution in [0.2, 0.25) is 0 Å². The molecule has 1 saturated carbocycles. The van der Waals surface area contributed by atoms with Crippen molar-refractivity contribution in [1.29, 1.82) is 0 Å². The van der Waals surface area contributed by atoms with Crippen molar-refractivity contribution < 1.29 is 13.9 Å². The third kappa shape index (κ3) is 2.80. The Labute approximate surface area is 137 Å². The Kier molecular flexibility index (Phi) is 4.14. The molecule has 1 saturated heterocycles. The maximum Gasteiger partial charge on any atom is 0.134 e. The summed E-state index contributed by atoms with van der Waals surface area (Å²) in [6, 6.07) is 11.0. The Morgan fingerprint density at radius 1 is 1.13 bits per heavy atom. The fraction of sp³-hybridized carbons (Fsp3) is 0.579. The van der Waals surface area contributed by atoms with Gasteiger partial charge in [-0.05, 0) is 31.4 Å². The molecule has 0 N–H and O–H groups in total. The van der Waals surface area contributed by atoms with Crippen LogP contribution in [0.15, 0.2) is 34.7 Å². The molecule has 124 valence electrons. The summed E-state index contributed by atoms with van der Waals surface area (Å²) in [5, 5.41) is 1.18. The number of rotatable bonds is 4. The molecule has 4 heteroatoms. The number of piperidine rings is 1. The van der Waals surface area contributed by atoms with Gasteiger partial charge < -0.3 is 13.9 Å². The van der Waals surface area contributed by atoms with Crippen LogP contribution in [0, 0.1) is 5.92 Å². The van der Waals surface area contributed by atoms with Gasteiger partial charge in [-0.25, -0.2) is 0 Å². The van der Waals surface area contributed by atoms with Crippen LogP contribution in [0.4, 0.5) is 0 Å². The van der Waals surface area contributed by atoms with E-state index in [1.165, 1.54) is 11.8 Å². The number of para-hydroxylation sites is 1. The van der Waals surface area contributed by atoms with E-state index in [4.69, 9.17) is 13.9 Å². The first-order valence-corrected chi connectivity index (χ1v) is 8.55. The highest BCUT2D eigenvalue weighted by molar-refractivity contribution is 5.77. The Hall–Kier alpha value is -1.36. The van der Waals surface area contributed by atoms with Crippen molar-refractivity contribution in [3.8, 4) is 0 Å². The maximum atomic E-state index is 6.01. The first-order valence-electron chi connectivity index (χ1n) is 8.55. The predicted octanol–water partition coefficient (Wildman–Crippen LogP) is 3.45. The van der Waals surface area contributed by atoms with E-state index in [1.54, 1.807) is 0 Å². The molecule has 4 rings (SSSR count). The van der Waals surface area contributed by atoms with Crippen molar-refractivity contribution in [2.75, 3.05) is 20.8 Å². The first-order chi connectivity index (χ1) is 11.3. The lowest BCUT2D eigenvalue weighted by Gasteiger charge is -2.49. The van der Waals surface area contributed by atoms with Gasteiger partial charge in [0.25, 0.3) is 0 Å². The summed E-state index contributed by atoms with van der Waals surface area (Å²) in [4.78, 5) is 2.54. The highest BCUT2D eigenvalue weighted by Crippen LogP contribution is 2.38. The minimum Gasteiger partial charge on any atom is -0.460 e. The summed E-state index contributed by atoms with van der Waals surface area (Å²) in [6.45, 7) is 1.83. The van der Waals surface area contributed by atoms with Crippen molar-refractivity contribution in [3.63, 3.8) is 0 Å². The van der Waals surface area contributed by atoms with Crippen LogP contribution in [0.5, 0.6) is 0 Å². The highest BCUT2D eigenvalue weighted by Gasteiger charge is 2.43. The molecule has 2 heterocycles. The summed E-state index contributed by atoms with van der Waals surface area (Å²) in [5.41, 5.74) is 0.976. The minimum atomic E-state index is 0.251. The van der Waals surface area contributed by atoms with Gasteiger partial charge in [0.05, 0.1) is 18.8 Å². The number of hydrogen-bond donors (Lipinski definition) is 0. The average molecular weight is 315 g/mol. The van der Waals surface area contributed by atoms with E-state index in [-0.39, 0.29) is 6.10 Å². The van der Waals surface area contributed by atoms with E-state index < -0.39 is 0 Å². The molecule has 2 bridgehead atoms. The molecule has 2 aliphatic rings. The van der Waals surface area contributed by atoms with Crippen LogP contribution in [-0.4, -0.2) is 43.9 Å². The Morgan fingerprint density at radius 3 is 2.74 bits per heavy atom. The van der Waals surface area contributed by atoms with Gasteiger partial charge >= 0.3 is 0 Å². The topological polar surface area (TPSA) is 34.8 Å². The Balaban J connectivity index is 1.52. The molecule has 0 amide bonds. The molecule has 1 aliphatic heterocycles. The van der Waals surface area contributed by atoms with Crippen LogP contribution < -0.4 is 0 Å². The average Bonchev–Trinajstić information content (AvgIpc) is 3.00. The van der Waals surface area contributed by atoms with Gasteiger partial charge in [0.1, 0.15) is 11.3 Å². The van der Waals surface area contributed by atoms with E-state index in [0.717, 1.165) is 37.3 Å². The van der Waals surface area contributed by atoms with Crippen LogP contribution in [-0.2, 0) is 16.0 Å². The zero-order valence-electron chi connectivity index (χ0n) is 13.9. The van der Waals surface area contributed by atoms with Gasteiger partial charge in [-0.1, -0.05) is 18.2 Å². The maximum absolute atomic E-state index is 6.01. The normalized spacial score (nSPS) is 31.6. The highest BCUT2D eigenvalue weighted by atomic mass is 16.5. The lowest BCUT2D eigenvalue weighted by Crippen LogP contribution is -2.56. The quantitative estimate of drug-likeness (QED) is 0.865. The van der Waals surface area contributed by atoms with Crippen molar-refractivity contribution in [1.82, 2.24) is 4.90 Å². The molecule has 1 aromatic heterocycles. The number of fused-ring (bicyclic) bond motifs is 3. The van der Waals surface area contributed by atoms with Gasteiger partial charge in [-0.2, -0.15) is 0 Å². The standard InChI is InChI=1S/C19H25NO3/c1-21-18-8-7-14-10-16(18)19(22-2)12-20(14)11-15-9-13-5-3-4-6-17(13)23-15/h3-6,9,14,16,18-19H,7-8,10-12H2,1-2H3/t14-,16+,18-,19+/m1/s1. The van der Waals surface area contributed by atoms with E-state index in [0.29, 0.717) is 18.1 Å². The molecule has 0 spiro atoms. The van der Waals surface area contributed by atoms with Gasteiger partial charge in [0.15, 0.2) is 0 Å². The lowest BCUT2D eigenvalue weighted by atomic mass is 9.76. The van der Waals surface area contributed by atoms with Gasteiger partial charge in [0, 0.05) is 38.1 Å². The Morgan fingerprint density at radius 2 is 1.96 bits per heavy atom. The second kappa shape index (κ2) is 6.27. The van der Waals surface area contributed by atoms with Crippen molar-refractivity contribution in [2.24, 2.45) is 5.92 Å². The van der Waals surface area contributed by atoms with Gasteiger partial charge in [0.2, 0.25) is 0 Å². The monoisotopic (exact) mass is 315 g/mol. The van der Waals surface area contributed by atoms with E-state index in [2.05, 4.69) is 23.1 Å². The van der Waals surface area contributed by atoms with Gasteiger partial charge in [-0.3, -0.25) is 4.90 Å². The smallest absolute Gasteiger partial charge is 0.134 e. The molecule has 4 atom stereocenters. The molecular weight excluding hydrogens is 290 g/mol. The zero-order chi connectivity index (χ0) is 15.8. The molecule has 1 aliphatic carbocycles. The summed E-state index contributed by atoms with van der Waals surface area (Å²) in [6.07, 6.45) is 4.09. The molecule has 1 aromatic carbocycles. The fourth-order valence-corrected chi connectivity index (χ4v) is 4.44. The van der Waals surface area contributed by atoms with Crippen molar-refractivity contribution in [3.05, 3.63) is 36.1 Å². The van der Waals surface area contributed by atoms with E-state index in [9.17, 15) is 0 Å². The SMILES string of the molecule is CO[C@H]1CN(Cc2cc3ccccc3o2)[C@@H]2CC[C@@H](OC)[C@@H]1C2. The number of methoxy groups -OCH3 is 2. The van der Waals surface area contributed by atoms with Crippen LogP contribution in [0.25, 0.3) is 11.0 Å². The Bertz CT molecular complexity index is 634. The van der Waals surface area contributed by atoms with Crippen LogP contribution in [0.1, 0.15) is 25.0 Å². The molecule has 2 aromatic rings. The summed E-state index contributed by atoms with van der Waals surface area (Å²) >= 11 is 0. The zero-order valence-corrected chi connectivity index (χ0v) is 13.9. The largest absolute Gasteiger partial charge is 0.460 e. The molecular formula is C19H25NO3. The molecule has 4 nitrogen and oxygen atoms in total. The molecule has 2 fully saturated rings. The number of nitrogens with zero attached hydrogens (tertiary/aromatic N) is 1. The third-order valence-corrected chi connectivity index (χ3v) is 5.66. The number of hydrogen-bond acceptors (Lipinski definition) is 4.